The molecule has 0 bridgehead atoms. The van der Waals surface area contributed by atoms with E-state index in [0.29, 0.717) is 6.61 Å². The molecule has 2 aromatic rings. The van der Waals surface area contributed by atoms with E-state index in [9.17, 15) is 19.5 Å². The third kappa shape index (κ3) is 5.55. The topological polar surface area (TPSA) is 108 Å². The van der Waals surface area contributed by atoms with Crippen molar-refractivity contribution in [3.8, 4) is 16.9 Å². The number of ether oxygens (including phenoxy) is 2. The van der Waals surface area contributed by atoms with Gasteiger partial charge in [0, 0.05) is 39.3 Å². The van der Waals surface area contributed by atoms with E-state index in [0.717, 1.165) is 54.6 Å². The molecule has 1 saturated heterocycles. The first-order valence-corrected chi connectivity index (χ1v) is 11.1. The van der Waals surface area contributed by atoms with Gasteiger partial charge in [-0.1, -0.05) is 24.3 Å². The lowest BCUT2D eigenvalue weighted by Crippen LogP contribution is -2.61. The number of rotatable bonds is 9. The van der Waals surface area contributed by atoms with Crippen molar-refractivity contribution in [3.63, 3.8) is 0 Å². The fourth-order valence-electron chi connectivity index (χ4n) is 3.70. The normalized spacial score (nSPS) is 15.7. The molecule has 0 radical (unpaired) electrons. The Morgan fingerprint density at radius 3 is 2.15 bits per heavy atom. The van der Waals surface area contributed by atoms with Crippen LogP contribution in [0.2, 0.25) is 0 Å². The van der Waals surface area contributed by atoms with Crippen molar-refractivity contribution in [1.29, 1.82) is 0 Å². The summed E-state index contributed by atoms with van der Waals surface area (Å²) < 4.78 is 11.2. The molecular formula is C25H31N3O6. The Kier molecular flexibility index (Phi) is 8.25. The maximum atomic E-state index is 12.9. The van der Waals surface area contributed by atoms with E-state index in [1.807, 2.05) is 24.3 Å². The average molecular weight is 470 g/mol. The lowest BCUT2D eigenvalue weighted by Gasteiger charge is -2.33. The van der Waals surface area contributed by atoms with Gasteiger partial charge in [0.15, 0.2) is 0 Å². The molecule has 0 saturated carbocycles. The van der Waals surface area contributed by atoms with E-state index in [-0.39, 0.29) is 5.56 Å². The molecule has 3 rings (SSSR count). The number of aliphatic carboxylic acids is 1. The van der Waals surface area contributed by atoms with Crippen molar-refractivity contribution < 1.29 is 29.0 Å². The third-order valence-electron chi connectivity index (χ3n) is 6.16. The Morgan fingerprint density at radius 1 is 1.06 bits per heavy atom. The summed E-state index contributed by atoms with van der Waals surface area (Å²) in [6, 6.07) is 14.5. The number of morpholine rings is 1. The summed E-state index contributed by atoms with van der Waals surface area (Å²) in [5, 5.41) is 11.9. The standard InChI is InChI=1S/C25H31N3O6/c1-25(24(31)32,23(30)26-2)27(3)22(29)20-6-4-18(5-7-20)19-8-10-21(11-9-19)34-17-14-28-12-15-33-16-13-28/h4-11H,12-17H2,1-3H3,(H,26,30)(H,31,32)/t25-/m0/s1. The van der Waals surface area contributed by atoms with Crippen LogP contribution in [0.5, 0.6) is 5.75 Å². The molecule has 1 atom stereocenters. The molecule has 1 fully saturated rings. The largest absolute Gasteiger partial charge is 0.492 e. The second-order valence-electron chi connectivity index (χ2n) is 8.22. The Labute approximate surface area is 199 Å². The smallest absolute Gasteiger partial charge is 0.339 e. The van der Waals surface area contributed by atoms with Crippen LogP contribution in [0.25, 0.3) is 11.1 Å². The van der Waals surface area contributed by atoms with Gasteiger partial charge in [-0.3, -0.25) is 14.5 Å². The molecule has 182 valence electrons. The molecule has 1 aliphatic rings. The number of carbonyl (C=O) groups is 3. The molecule has 0 aromatic heterocycles. The number of carboxylic acids is 1. The van der Waals surface area contributed by atoms with Gasteiger partial charge >= 0.3 is 5.97 Å². The summed E-state index contributed by atoms with van der Waals surface area (Å²) in [5.74, 6) is -1.97. The SMILES string of the molecule is CNC(=O)[C@@](C)(C(=O)O)N(C)C(=O)c1ccc(-c2ccc(OCCN3CCOCC3)cc2)cc1. The second-order valence-corrected chi connectivity index (χ2v) is 8.22. The van der Waals surface area contributed by atoms with Crippen molar-refractivity contribution in [3.05, 3.63) is 54.1 Å². The van der Waals surface area contributed by atoms with E-state index in [1.54, 1.807) is 24.3 Å². The molecule has 0 unspecified atom stereocenters. The van der Waals surface area contributed by atoms with E-state index >= 15 is 0 Å². The van der Waals surface area contributed by atoms with Crippen molar-refractivity contribution in [1.82, 2.24) is 15.1 Å². The number of nitrogens with zero attached hydrogens (tertiary/aromatic N) is 2. The van der Waals surface area contributed by atoms with Gasteiger partial charge in [0.2, 0.25) is 5.54 Å². The first-order chi connectivity index (χ1) is 16.3. The van der Waals surface area contributed by atoms with Crippen LogP contribution in [-0.2, 0) is 14.3 Å². The van der Waals surface area contributed by atoms with Gasteiger partial charge in [0.05, 0.1) is 13.2 Å². The number of hydrogen-bond donors (Lipinski definition) is 2. The highest BCUT2D eigenvalue weighted by molar-refractivity contribution is 6.10. The van der Waals surface area contributed by atoms with Crippen LogP contribution in [0.4, 0.5) is 0 Å². The summed E-state index contributed by atoms with van der Waals surface area (Å²) in [4.78, 5) is 40.0. The fraction of sp³-hybridized carbons (Fsp3) is 0.400. The molecule has 0 aliphatic carbocycles. The first kappa shape index (κ1) is 25.2. The molecule has 2 N–H and O–H groups in total. The number of benzene rings is 2. The molecule has 34 heavy (non-hydrogen) atoms. The second kappa shape index (κ2) is 11.1. The molecule has 0 spiro atoms. The fourth-order valence-corrected chi connectivity index (χ4v) is 3.70. The van der Waals surface area contributed by atoms with Gasteiger partial charge in [-0.25, -0.2) is 4.79 Å². The monoisotopic (exact) mass is 469 g/mol. The van der Waals surface area contributed by atoms with Crippen LogP contribution in [0.15, 0.2) is 48.5 Å². The maximum Gasteiger partial charge on any atom is 0.339 e. The van der Waals surface area contributed by atoms with E-state index < -0.39 is 23.3 Å². The van der Waals surface area contributed by atoms with E-state index in [1.165, 1.54) is 21.0 Å². The van der Waals surface area contributed by atoms with Crippen LogP contribution >= 0.6 is 0 Å². The Bertz CT molecular complexity index is 1000. The van der Waals surface area contributed by atoms with Gasteiger partial charge in [-0.2, -0.15) is 0 Å². The Hall–Kier alpha value is -3.43. The predicted molar refractivity (Wildman–Crippen MR) is 127 cm³/mol. The number of hydrogen-bond acceptors (Lipinski definition) is 6. The van der Waals surface area contributed by atoms with Gasteiger partial charge in [-0.15, -0.1) is 0 Å². The number of carboxylic acid groups (broad SMARTS) is 1. The van der Waals surface area contributed by atoms with Crippen LogP contribution in [-0.4, -0.2) is 91.8 Å². The summed E-state index contributed by atoms with van der Waals surface area (Å²) >= 11 is 0. The van der Waals surface area contributed by atoms with Crippen LogP contribution in [0.3, 0.4) is 0 Å². The minimum atomic E-state index is -2.03. The zero-order valence-electron chi connectivity index (χ0n) is 19.7. The maximum absolute atomic E-state index is 12.9. The number of nitrogens with one attached hydrogen (secondary N) is 1. The lowest BCUT2D eigenvalue weighted by atomic mass is 9.97. The van der Waals surface area contributed by atoms with Gasteiger partial charge in [-0.05, 0) is 42.3 Å². The Balaban J connectivity index is 1.62. The molecule has 9 heteroatoms. The molecule has 1 aliphatic heterocycles. The van der Waals surface area contributed by atoms with Gasteiger partial charge < -0.3 is 24.8 Å². The summed E-state index contributed by atoms with van der Waals surface area (Å²) in [5.41, 5.74) is 0.105. The number of likely N-dealkylation sites (N-methyl/N-ethyl adjacent to an activating group) is 2. The highest BCUT2D eigenvalue weighted by Gasteiger charge is 2.47. The zero-order valence-corrected chi connectivity index (χ0v) is 19.7. The van der Waals surface area contributed by atoms with E-state index in [4.69, 9.17) is 9.47 Å². The van der Waals surface area contributed by atoms with Crippen LogP contribution in [0, 0.1) is 0 Å². The predicted octanol–water partition coefficient (Wildman–Crippen LogP) is 1.73. The minimum absolute atomic E-state index is 0.283. The van der Waals surface area contributed by atoms with Crippen molar-refractivity contribution >= 4 is 17.8 Å². The van der Waals surface area contributed by atoms with Crippen molar-refractivity contribution in [2.24, 2.45) is 0 Å². The minimum Gasteiger partial charge on any atom is -0.492 e. The number of amides is 2. The van der Waals surface area contributed by atoms with Gasteiger partial charge in [0.25, 0.3) is 11.8 Å². The summed E-state index contributed by atoms with van der Waals surface area (Å²) in [7, 11) is 2.63. The highest BCUT2D eigenvalue weighted by Crippen LogP contribution is 2.24. The zero-order chi connectivity index (χ0) is 24.7. The molecule has 2 aromatic carbocycles. The van der Waals surface area contributed by atoms with Crippen molar-refractivity contribution in [2.45, 2.75) is 12.5 Å². The average Bonchev–Trinajstić information content (AvgIpc) is 2.87. The summed E-state index contributed by atoms with van der Waals surface area (Å²) in [6.45, 7) is 6.05. The summed E-state index contributed by atoms with van der Waals surface area (Å²) in [6.07, 6.45) is 0. The molecule has 1 heterocycles. The lowest BCUT2D eigenvalue weighted by molar-refractivity contribution is -0.154. The van der Waals surface area contributed by atoms with E-state index in [2.05, 4.69) is 10.2 Å². The van der Waals surface area contributed by atoms with Gasteiger partial charge in [0.1, 0.15) is 12.4 Å². The first-order valence-electron chi connectivity index (χ1n) is 11.1. The highest BCUT2D eigenvalue weighted by atomic mass is 16.5. The Morgan fingerprint density at radius 2 is 1.62 bits per heavy atom. The van der Waals surface area contributed by atoms with Crippen molar-refractivity contribution in [2.75, 3.05) is 53.6 Å². The third-order valence-corrected chi connectivity index (χ3v) is 6.16. The quantitative estimate of drug-likeness (QED) is 0.539. The number of carbonyl (C=O) groups excluding carboxylic acids is 2. The molecule has 2 amide bonds. The molecular weight excluding hydrogens is 438 g/mol. The van der Waals surface area contributed by atoms with Crippen LogP contribution < -0.4 is 10.1 Å². The van der Waals surface area contributed by atoms with Crippen LogP contribution in [0.1, 0.15) is 17.3 Å². The molecule has 9 nitrogen and oxygen atoms in total.